The van der Waals surface area contributed by atoms with Crippen molar-refractivity contribution in [2.45, 2.75) is 31.3 Å². The van der Waals surface area contributed by atoms with Crippen LogP contribution in [0.4, 0.5) is 10.1 Å². The van der Waals surface area contributed by atoms with E-state index in [1.54, 1.807) is 7.05 Å². The van der Waals surface area contributed by atoms with E-state index >= 15 is 0 Å². The Morgan fingerprint density at radius 2 is 1.88 bits per heavy atom. The highest BCUT2D eigenvalue weighted by Gasteiger charge is 2.49. The second kappa shape index (κ2) is 9.53. The Kier molecular flexibility index (Phi) is 6.72. The highest BCUT2D eigenvalue weighted by Crippen LogP contribution is 2.53. The third-order valence-corrected chi connectivity index (χ3v) is 7.35. The van der Waals surface area contributed by atoms with Gasteiger partial charge in [0.15, 0.2) is 0 Å². The lowest BCUT2D eigenvalue weighted by molar-refractivity contribution is -0.420. The zero-order chi connectivity index (χ0) is 23.7. The summed E-state index contributed by atoms with van der Waals surface area (Å²) in [5.41, 5.74) is 14.7. The molecule has 2 fully saturated rings. The number of aliphatic hydroxyl groups is 1. The zero-order valence-electron chi connectivity index (χ0n) is 18.4. The summed E-state index contributed by atoms with van der Waals surface area (Å²) in [6.45, 7) is 0. The monoisotopic (exact) mass is 471 g/mol. The lowest BCUT2D eigenvalue weighted by atomic mass is 9.88. The van der Waals surface area contributed by atoms with E-state index in [9.17, 15) is 14.3 Å². The van der Waals surface area contributed by atoms with Gasteiger partial charge in [0.25, 0.3) is 11.7 Å². The van der Waals surface area contributed by atoms with E-state index in [0.717, 1.165) is 18.4 Å². The fourth-order valence-corrected chi connectivity index (χ4v) is 5.58. The summed E-state index contributed by atoms with van der Waals surface area (Å²) in [6.07, 6.45) is 1.92. The van der Waals surface area contributed by atoms with Crippen LogP contribution in [0.3, 0.4) is 0 Å². The molecule has 2 aliphatic carbocycles. The number of fused-ring (bicyclic) bond motifs is 1. The van der Waals surface area contributed by atoms with E-state index in [0.29, 0.717) is 23.7 Å². The molecule has 4 rings (SSSR count). The number of anilines is 1. The molecule has 2 aromatic rings. The van der Waals surface area contributed by atoms with Crippen molar-refractivity contribution in [2.75, 3.05) is 12.4 Å². The maximum Gasteiger partial charge on any atom is 0.280 e. The Balaban J connectivity index is 1.54. The van der Waals surface area contributed by atoms with Gasteiger partial charge in [-0.1, -0.05) is 41.9 Å². The SMILES string of the molecule is C[NH+]=C(N)/C(C(=O)Nc1ccc(F)c(Cl)c1)=C(\N)C1CC2CC(c3ccccc3)C(O)C2C1. The molecular weight excluding hydrogens is 443 g/mol. The molecule has 33 heavy (non-hydrogen) atoms. The second-order valence-electron chi connectivity index (χ2n) is 8.91. The molecule has 0 heterocycles. The molecule has 7 N–H and O–H groups in total. The van der Waals surface area contributed by atoms with E-state index in [1.165, 1.54) is 18.2 Å². The molecule has 0 aliphatic heterocycles. The third-order valence-electron chi connectivity index (χ3n) is 7.06. The van der Waals surface area contributed by atoms with Gasteiger partial charge in [0.1, 0.15) is 11.4 Å². The fourth-order valence-electron chi connectivity index (χ4n) is 5.40. The van der Waals surface area contributed by atoms with Crippen LogP contribution in [-0.2, 0) is 4.79 Å². The number of carbonyl (C=O) groups is 1. The van der Waals surface area contributed by atoms with Crippen LogP contribution >= 0.6 is 11.6 Å². The maximum absolute atomic E-state index is 13.5. The molecule has 0 radical (unpaired) electrons. The third kappa shape index (κ3) is 4.61. The second-order valence-corrected chi connectivity index (χ2v) is 9.32. The number of hydrogen-bond donors (Lipinski definition) is 5. The number of carbonyl (C=O) groups excluding carboxylic acids is 1. The molecule has 0 saturated heterocycles. The minimum Gasteiger partial charge on any atom is -0.401 e. The molecule has 5 unspecified atom stereocenters. The first-order valence-corrected chi connectivity index (χ1v) is 11.5. The van der Waals surface area contributed by atoms with Gasteiger partial charge in [-0.15, -0.1) is 0 Å². The van der Waals surface area contributed by atoms with Crippen molar-refractivity contribution >= 4 is 29.0 Å². The van der Waals surface area contributed by atoms with Crippen molar-refractivity contribution in [1.82, 2.24) is 0 Å². The van der Waals surface area contributed by atoms with Crippen LogP contribution in [-0.4, -0.2) is 30.0 Å². The molecule has 1 amide bonds. The number of hydrogen-bond acceptors (Lipinski definition) is 3. The number of benzene rings is 2. The van der Waals surface area contributed by atoms with Crippen molar-refractivity contribution in [1.29, 1.82) is 0 Å². The highest BCUT2D eigenvalue weighted by molar-refractivity contribution is 6.31. The maximum atomic E-state index is 13.5. The van der Waals surface area contributed by atoms with Gasteiger partial charge in [-0.3, -0.25) is 15.5 Å². The molecular formula is C25H29ClFN4O2+. The average Bonchev–Trinajstić information content (AvgIpc) is 3.36. The molecule has 0 aromatic heterocycles. The van der Waals surface area contributed by atoms with E-state index in [1.807, 2.05) is 18.2 Å². The van der Waals surface area contributed by atoms with Gasteiger partial charge in [0, 0.05) is 23.2 Å². The van der Waals surface area contributed by atoms with Crippen LogP contribution in [0.5, 0.6) is 0 Å². The highest BCUT2D eigenvalue weighted by atomic mass is 35.5. The van der Waals surface area contributed by atoms with Crippen molar-refractivity contribution < 1.29 is 19.3 Å². The Morgan fingerprint density at radius 3 is 2.52 bits per heavy atom. The standard InChI is InChI=1S/C25H28ClFN4O2/c1-30-24(29)21(25(33)31-16-7-8-20(27)19(26)12-16)22(28)15-9-14-10-17(23(32)18(14)11-15)13-5-3-2-4-6-13/h2-8,12,14-15,17-18,23,32H,9-11,28H2,1H3,(H2,29,30)(H,31,33)/p+1/b22-21+. The largest absolute Gasteiger partial charge is 0.401 e. The molecule has 8 heteroatoms. The molecule has 0 spiro atoms. The number of rotatable bonds is 5. The van der Waals surface area contributed by atoms with Gasteiger partial charge in [-0.2, -0.15) is 0 Å². The average molecular weight is 472 g/mol. The van der Waals surface area contributed by atoms with E-state index in [4.69, 9.17) is 23.1 Å². The fraction of sp³-hybridized carbons (Fsp3) is 0.360. The van der Waals surface area contributed by atoms with Gasteiger partial charge in [-0.05, 0) is 54.9 Å². The summed E-state index contributed by atoms with van der Waals surface area (Å²) >= 11 is 5.83. The summed E-state index contributed by atoms with van der Waals surface area (Å²) in [5, 5.41) is 13.6. The van der Waals surface area contributed by atoms with Crippen molar-refractivity contribution in [3.05, 3.63) is 76.2 Å². The predicted molar refractivity (Wildman–Crippen MR) is 127 cm³/mol. The van der Waals surface area contributed by atoms with E-state index < -0.39 is 17.8 Å². The number of allylic oxidation sites excluding steroid dienone is 1. The van der Waals surface area contributed by atoms with E-state index in [2.05, 4.69) is 22.4 Å². The van der Waals surface area contributed by atoms with Crippen LogP contribution in [0.1, 0.15) is 30.7 Å². The molecule has 2 saturated carbocycles. The van der Waals surface area contributed by atoms with Crippen LogP contribution in [0.15, 0.2) is 59.8 Å². The minimum absolute atomic E-state index is 0.0733. The lowest BCUT2D eigenvalue weighted by Crippen LogP contribution is -2.72. The minimum atomic E-state index is -0.573. The number of nitrogens with two attached hydrogens (primary N) is 2. The summed E-state index contributed by atoms with van der Waals surface area (Å²) in [6, 6.07) is 14.0. The summed E-state index contributed by atoms with van der Waals surface area (Å²) in [4.78, 5) is 15.9. The Bertz CT molecular complexity index is 1100. The number of amidine groups is 1. The van der Waals surface area contributed by atoms with Crippen molar-refractivity contribution in [3.8, 4) is 0 Å². The Labute approximate surface area is 197 Å². The van der Waals surface area contributed by atoms with E-state index in [-0.39, 0.29) is 34.2 Å². The van der Waals surface area contributed by atoms with Crippen LogP contribution in [0, 0.1) is 23.6 Å². The molecule has 2 aliphatic rings. The predicted octanol–water partition coefficient (Wildman–Crippen LogP) is 1.89. The molecule has 174 valence electrons. The van der Waals surface area contributed by atoms with Crippen LogP contribution in [0.2, 0.25) is 5.02 Å². The van der Waals surface area contributed by atoms with Crippen LogP contribution in [0.25, 0.3) is 0 Å². The first-order chi connectivity index (χ1) is 15.8. The first-order valence-electron chi connectivity index (χ1n) is 11.1. The van der Waals surface area contributed by atoms with Crippen LogP contribution < -0.4 is 21.8 Å². The first kappa shape index (κ1) is 23.3. The number of nitrogens with one attached hydrogen (secondary N) is 2. The van der Waals surface area contributed by atoms with Gasteiger partial charge in [0.05, 0.1) is 18.2 Å². The molecule has 2 aromatic carbocycles. The zero-order valence-corrected chi connectivity index (χ0v) is 19.1. The lowest BCUT2D eigenvalue weighted by Gasteiger charge is -2.21. The summed E-state index contributed by atoms with van der Waals surface area (Å²) < 4.78 is 13.5. The Hall–Kier alpha value is -2.90. The smallest absolute Gasteiger partial charge is 0.280 e. The summed E-state index contributed by atoms with van der Waals surface area (Å²) in [7, 11) is 1.61. The number of amides is 1. The van der Waals surface area contributed by atoms with Crippen molar-refractivity contribution in [2.24, 2.45) is 29.2 Å². The number of halogens is 2. The topological polar surface area (TPSA) is 115 Å². The molecule has 5 atom stereocenters. The van der Waals surface area contributed by atoms with Gasteiger partial charge < -0.3 is 16.2 Å². The molecule has 6 nitrogen and oxygen atoms in total. The number of aliphatic hydroxyl groups excluding tert-OH is 1. The quantitative estimate of drug-likeness (QED) is 0.260. The summed E-state index contributed by atoms with van der Waals surface area (Å²) in [5.74, 6) is -0.432. The van der Waals surface area contributed by atoms with Gasteiger partial charge >= 0.3 is 0 Å². The van der Waals surface area contributed by atoms with Gasteiger partial charge in [-0.25, -0.2) is 4.39 Å². The van der Waals surface area contributed by atoms with Crippen molar-refractivity contribution in [3.63, 3.8) is 0 Å². The molecule has 0 bridgehead atoms. The normalized spacial score (nSPS) is 27.8. The Morgan fingerprint density at radius 1 is 1.15 bits per heavy atom. The van der Waals surface area contributed by atoms with Gasteiger partial charge in [0.2, 0.25) is 0 Å².